The van der Waals surface area contributed by atoms with Gasteiger partial charge in [-0.25, -0.2) is 0 Å². The first-order valence-corrected chi connectivity index (χ1v) is 7.00. The summed E-state index contributed by atoms with van der Waals surface area (Å²) in [5, 5.41) is 0. The SMILES string of the molecule is O=C1c2ccccc2C(=O)c2c1cccc2-c1ccccn1. The van der Waals surface area contributed by atoms with Crippen LogP contribution in [0.15, 0.2) is 66.9 Å². The van der Waals surface area contributed by atoms with Crippen molar-refractivity contribution in [1.82, 2.24) is 4.98 Å². The van der Waals surface area contributed by atoms with Crippen LogP contribution in [-0.4, -0.2) is 16.6 Å². The lowest BCUT2D eigenvalue weighted by atomic mass is 9.81. The molecule has 0 radical (unpaired) electrons. The smallest absolute Gasteiger partial charge is 0.195 e. The average molecular weight is 285 g/mol. The number of hydrogen-bond donors (Lipinski definition) is 0. The lowest BCUT2D eigenvalue weighted by molar-refractivity contribution is 0.0979. The van der Waals surface area contributed by atoms with Gasteiger partial charge in [0.15, 0.2) is 11.6 Å². The van der Waals surface area contributed by atoms with E-state index in [1.165, 1.54) is 0 Å². The average Bonchev–Trinajstić information content (AvgIpc) is 2.60. The first-order chi connectivity index (χ1) is 10.8. The minimum Gasteiger partial charge on any atom is -0.289 e. The molecule has 4 rings (SSSR count). The number of carbonyl (C=O) groups excluding carboxylic acids is 2. The standard InChI is InChI=1S/C19H11NO2/c21-18-12-6-1-2-7-13(12)19(22)17-14(8-5-9-15(17)18)16-10-3-4-11-20-16/h1-11H. The van der Waals surface area contributed by atoms with Crippen LogP contribution in [0.3, 0.4) is 0 Å². The first-order valence-electron chi connectivity index (χ1n) is 7.00. The van der Waals surface area contributed by atoms with E-state index in [-0.39, 0.29) is 11.6 Å². The van der Waals surface area contributed by atoms with Crippen LogP contribution in [0.4, 0.5) is 0 Å². The topological polar surface area (TPSA) is 47.0 Å². The number of ketones is 2. The Bertz CT molecular complexity index is 914. The molecule has 1 heterocycles. The third-order valence-corrected chi connectivity index (χ3v) is 3.89. The molecule has 0 unspecified atom stereocenters. The van der Waals surface area contributed by atoms with Crippen molar-refractivity contribution in [3.63, 3.8) is 0 Å². The van der Waals surface area contributed by atoms with Crippen LogP contribution in [-0.2, 0) is 0 Å². The molecule has 3 heteroatoms. The van der Waals surface area contributed by atoms with E-state index in [9.17, 15) is 9.59 Å². The minimum absolute atomic E-state index is 0.108. The Hall–Kier alpha value is -3.07. The van der Waals surface area contributed by atoms with E-state index in [4.69, 9.17) is 0 Å². The van der Waals surface area contributed by atoms with E-state index in [2.05, 4.69) is 4.98 Å². The van der Waals surface area contributed by atoms with Gasteiger partial charge in [-0.05, 0) is 12.1 Å². The minimum atomic E-state index is -0.119. The van der Waals surface area contributed by atoms with E-state index in [1.807, 2.05) is 24.3 Å². The van der Waals surface area contributed by atoms with Crippen molar-refractivity contribution in [2.45, 2.75) is 0 Å². The van der Waals surface area contributed by atoms with Crippen LogP contribution in [0.2, 0.25) is 0 Å². The first kappa shape index (κ1) is 12.7. The molecule has 0 fully saturated rings. The highest BCUT2D eigenvalue weighted by atomic mass is 16.1. The highest BCUT2D eigenvalue weighted by Crippen LogP contribution is 2.33. The molecule has 1 aliphatic carbocycles. The van der Waals surface area contributed by atoms with E-state index in [1.54, 1.807) is 42.6 Å². The van der Waals surface area contributed by atoms with E-state index < -0.39 is 0 Å². The zero-order valence-corrected chi connectivity index (χ0v) is 11.6. The van der Waals surface area contributed by atoms with Crippen molar-refractivity contribution >= 4 is 11.6 Å². The van der Waals surface area contributed by atoms with Crippen molar-refractivity contribution < 1.29 is 9.59 Å². The number of hydrogen-bond acceptors (Lipinski definition) is 3. The van der Waals surface area contributed by atoms with Crippen LogP contribution >= 0.6 is 0 Å². The van der Waals surface area contributed by atoms with Crippen LogP contribution in [0, 0.1) is 0 Å². The largest absolute Gasteiger partial charge is 0.289 e. The lowest BCUT2D eigenvalue weighted by Crippen LogP contribution is -2.21. The highest BCUT2D eigenvalue weighted by molar-refractivity contribution is 6.30. The molecule has 0 spiro atoms. The summed E-state index contributed by atoms with van der Waals surface area (Å²) in [6.07, 6.45) is 1.68. The van der Waals surface area contributed by atoms with Gasteiger partial charge in [0.2, 0.25) is 0 Å². The fraction of sp³-hybridized carbons (Fsp3) is 0. The molecule has 2 aromatic carbocycles. The summed E-state index contributed by atoms with van der Waals surface area (Å²) < 4.78 is 0. The summed E-state index contributed by atoms with van der Waals surface area (Å²) in [5.74, 6) is -0.227. The number of nitrogens with zero attached hydrogens (tertiary/aromatic N) is 1. The molecule has 0 bridgehead atoms. The summed E-state index contributed by atoms with van der Waals surface area (Å²) in [6.45, 7) is 0. The second-order valence-corrected chi connectivity index (χ2v) is 5.15. The van der Waals surface area contributed by atoms with Gasteiger partial charge in [0.05, 0.1) is 5.69 Å². The Morgan fingerprint density at radius 1 is 0.591 bits per heavy atom. The van der Waals surface area contributed by atoms with Gasteiger partial charge >= 0.3 is 0 Å². The second kappa shape index (κ2) is 4.74. The molecule has 0 saturated heterocycles. The predicted molar refractivity (Wildman–Crippen MR) is 83.0 cm³/mol. The zero-order chi connectivity index (χ0) is 15.1. The molecule has 22 heavy (non-hydrogen) atoms. The Balaban J connectivity index is 2.02. The molecule has 0 N–H and O–H groups in total. The summed E-state index contributed by atoms with van der Waals surface area (Å²) in [7, 11) is 0. The summed E-state index contributed by atoms with van der Waals surface area (Å²) >= 11 is 0. The maximum Gasteiger partial charge on any atom is 0.195 e. The molecular weight excluding hydrogens is 274 g/mol. The van der Waals surface area contributed by atoms with Crippen molar-refractivity contribution in [2.75, 3.05) is 0 Å². The van der Waals surface area contributed by atoms with Crippen molar-refractivity contribution in [3.8, 4) is 11.3 Å². The normalized spacial score (nSPS) is 12.7. The van der Waals surface area contributed by atoms with Gasteiger partial charge in [-0.2, -0.15) is 0 Å². The maximum atomic E-state index is 12.9. The summed E-state index contributed by atoms with van der Waals surface area (Å²) in [4.78, 5) is 29.8. The molecule has 3 aromatic rings. The molecule has 3 nitrogen and oxygen atoms in total. The number of pyridine rings is 1. The molecule has 0 saturated carbocycles. The number of benzene rings is 2. The molecule has 0 atom stereocenters. The Morgan fingerprint density at radius 2 is 1.23 bits per heavy atom. The monoisotopic (exact) mass is 285 g/mol. The Morgan fingerprint density at radius 3 is 1.95 bits per heavy atom. The fourth-order valence-corrected chi connectivity index (χ4v) is 2.88. The number of rotatable bonds is 1. The number of carbonyl (C=O) groups is 2. The molecule has 1 aliphatic rings. The molecule has 0 amide bonds. The zero-order valence-electron chi connectivity index (χ0n) is 11.6. The van der Waals surface area contributed by atoms with Crippen molar-refractivity contribution in [1.29, 1.82) is 0 Å². The number of aromatic nitrogens is 1. The highest BCUT2D eigenvalue weighted by Gasteiger charge is 2.31. The van der Waals surface area contributed by atoms with Gasteiger partial charge < -0.3 is 0 Å². The molecule has 0 aliphatic heterocycles. The summed E-state index contributed by atoms with van der Waals surface area (Å²) in [5.41, 5.74) is 3.23. The van der Waals surface area contributed by atoms with Gasteiger partial charge in [-0.1, -0.05) is 48.5 Å². The predicted octanol–water partition coefficient (Wildman–Crippen LogP) is 3.52. The Kier molecular flexibility index (Phi) is 2.73. The van der Waals surface area contributed by atoms with Crippen molar-refractivity contribution in [2.24, 2.45) is 0 Å². The van der Waals surface area contributed by atoms with E-state index in [0.717, 1.165) is 0 Å². The van der Waals surface area contributed by atoms with Crippen LogP contribution in [0.25, 0.3) is 11.3 Å². The maximum absolute atomic E-state index is 12.9. The van der Waals surface area contributed by atoms with Gasteiger partial charge in [0, 0.05) is 34.0 Å². The molecular formula is C19H11NO2. The van der Waals surface area contributed by atoms with E-state index >= 15 is 0 Å². The van der Waals surface area contributed by atoms with Gasteiger partial charge in [-0.3, -0.25) is 14.6 Å². The Labute approximate surface area is 127 Å². The lowest BCUT2D eigenvalue weighted by Gasteiger charge is -2.19. The quantitative estimate of drug-likeness (QED) is 0.537. The third-order valence-electron chi connectivity index (χ3n) is 3.89. The van der Waals surface area contributed by atoms with E-state index in [0.29, 0.717) is 33.5 Å². The van der Waals surface area contributed by atoms with Crippen molar-refractivity contribution in [3.05, 3.63) is 89.1 Å². The summed E-state index contributed by atoms with van der Waals surface area (Å²) in [6, 6.07) is 17.8. The number of fused-ring (bicyclic) bond motifs is 2. The molecule has 1 aromatic heterocycles. The van der Waals surface area contributed by atoms with Gasteiger partial charge in [0.1, 0.15) is 0 Å². The van der Waals surface area contributed by atoms with Crippen LogP contribution in [0.1, 0.15) is 31.8 Å². The molecule has 104 valence electrons. The van der Waals surface area contributed by atoms with Gasteiger partial charge in [0.25, 0.3) is 0 Å². The van der Waals surface area contributed by atoms with Crippen LogP contribution < -0.4 is 0 Å². The van der Waals surface area contributed by atoms with Gasteiger partial charge in [-0.15, -0.1) is 0 Å². The van der Waals surface area contributed by atoms with Crippen LogP contribution in [0.5, 0.6) is 0 Å². The fourth-order valence-electron chi connectivity index (χ4n) is 2.88. The second-order valence-electron chi connectivity index (χ2n) is 5.15. The third kappa shape index (κ3) is 1.72.